The molecule has 0 saturated carbocycles. The molecule has 0 N–H and O–H groups in total. The molecule has 1 heterocycles. The number of hydrogen-bond acceptors (Lipinski definition) is 1. The van der Waals surface area contributed by atoms with Crippen LogP contribution in [0.15, 0.2) is 42.5 Å². The third-order valence-corrected chi connectivity index (χ3v) is 2.78. The van der Waals surface area contributed by atoms with Crippen LogP contribution < -0.4 is 4.74 Å². The van der Waals surface area contributed by atoms with E-state index in [1.54, 1.807) is 0 Å². The summed E-state index contributed by atoms with van der Waals surface area (Å²) < 4.78 is 5.74. The Balaban J connectivity index is 2.15. The number of para-hydroxylation sites is 1. The molecule has 2 heteroatoms. The van der Waals surface area contributed by atoms with Gasteiger partial charge < -0.3 is 4.74 Å². The number of halogens is 1. The Morgan fingerprint density at radius 1 is 0.867 bits per heavy atom. The molecule has 0 saturated heterocycles. The van der Waals surface area contributed by atoms with Crippen LogP contribution in [-0.2, 0) is 0 Å². The number of fused-ring (bicyclic) bond motifs is 2. The number of benzene rings is 2. The number of rotatable bonds is 0. The molecule has 73 valence electrons. The lowest BCUT2D eigenvalue weighted by atomic mass is 10.0. The molecule has 2 aromatic carbocycles. The Morgan fingerprint density at radius 3 is 2.60 bits per heavy atom. The van der Waals surface area contributed by atoms with Gasteiger partial charge in [-0.25, -0.2) is 0 Å². The lowest BCUT2D eigenvalue weighted by molar-refractivity contribution is 0.469. The molecule has 1 aliphatic heterocycles. The quantitative estimate of drug-likeness (QED) is 0.550. The lowest BCUT2D eigenvalue weighted by Gasteiger charge is -2.20. The highest BCUT2D eigenvalue weighted by atomic mass is 35.5. The first-order valence-electron chi connectivity index (χ1n) is 4.75. The van der Waals surface area contributed by atoms with Crippen LogP contribution in [0.4, 0.5) is 0 Å². The van der Waals surface area contributed by atoms with E-state index in [2.05, 4.69) is 6.42 Å². The predicted molar refractivity (Wildman–Crippen MR) is 60.5 cm³/mol. The topological polar surface area (TPSA) is 9.23 Å². The van der Waals surface area contributed by atoms with E-state index in [9.17, 15) is 0 Å². The zero-order valence-electron chi connectivity index (χ0n) is 7.91. The fourth-order valence-corrected chi connectivity index (χ4v) is 1.93. The Labute approximate surface area is 93.3 Å². The van der Waals surface area contributed by atoms with Crippen LogP contribution in [0.3, 0.4) is 0 Å². The molecule has 0 amide bonds. The summed E-state index contributed by atoms with van der Waals surface area (Å²) in [5.41, 5.74) is 2.02. The van der Waals surface area contributed by atoms with Crippen molar-refractivity contribution in [2.45, 2.75) is 0 Å². The molecule has 0 spiro atoms. The third kappa shape index (κ3) is 1.40. The summed E-state index contributed by atoms with van der Waals surface area (Å²) in [5, 5.41) is 0.724. The second-order valence-electron chi connectivity index (χ2n) is 3.44. The van der Waals surface area contributed by atoms with Crippen molar-refractivity contribution in [1.29, 1.82) is 0 Å². The van der Waals surface area contributed by atoms with Crippen molar-refractivity contribution in [3.8, 4) is 11.5 Å². The average molecular weight is 216 g/mol. The summed E-state index contributed by atoms with van der Waals surface area (Å²) >= 11 is 6.10. The monoisotopic (exact) mass is 215 g/mol. The van der Waals surface area contributed by atoms with E-state index in [1.807, 2.05) is 42.5 Å². The summed E-state index contributed by atoms with van der Waals surface area (Å²) in [5.74, 6) is 1.70. The van der Waals surface area contributed by atoms with Crippen molar-refractivity contribution in [2.75, 3.05) is 0 Å². The molecule has 0 unspecified atom stereocenters. The molecular weight excluding hydrogens is 208 g/mol. The molecule has 0 fully saturated rings. The molecule has 0 bridgehead atoms. The molecule has 1 aliphatic rings. The van der Waals surface area contributed by atoms with E-state index in [0.717, 1.165) is 27.6 Å². The molecule has 1 radical (unpaired) electrons. The van der Waals surface area contributed by atoms with Gasteiger partial charge >= 0.3 is 0 Å². The molecule has 15 heavy (non-hydrogen) atoms. The van der Waals surface area contributed by atoms with Crippen molar-refractivity contribution in [1.82, 2.24) is 0 Å². The predicted octanol–water partition coefficient (Wildman–Crippen LogP) is 4.05. The van der Waals surface area contributed by atoms with Crippen LogP contribution in [0.2, 0.25) is 5.02 Å². The minimum Gasteiger partial charge on any atom is -0.457 e. The molecule has 0 atom stereocenters. The number of ether oxygens (including phenoxy) is 1. The van der Waals surface area contributed by atoms with E-state index in [4.69, 9.17) is 16.3 Å². The number of hydrogen-bond donors (Lipinski definition) is 0. The maximum atomic E-state index is 6.10. The van der Waals surface area contributed by atoms with Gasteiger partial charge in [-0.15, -0.1) is 0 Å². The lowest BCUT2D eigenvalue weighted by Crippen LogP contribution is -2.01. The van der Waals surface area contributed by atoms with Gasteiger partial charge in [-0.2, -0.15) is 0 Å². The van der Waals surface area contributed by atoms with E-state index >= 15 is 0 Å². The van der Waals surface area contributed by atoms with Gasteiger partial charge in [0.2, 0.25) is 0 Å². The van der Waals surface area contributed by atoms with Gasteiger partial charge in [0, 0.05) is 22.6 Å². The van der Waals surface area contributed by atoms with Gasteiger partial charge in [0.25, 0.3) is 0 Å². The van der Waals surface area contributed by atoms with Gasteiger partial charge in [0.05, 0.1) is 0 Å². The molecule has 1 nitrogen and oxygen atoms in total. The first-order valence-corrected chi connectivity index (χ1v) is 5.12. The van der Waals surface area contributed by atoms with Crippen molar-refractivity contribution in [3.05, 3.63) is 65.0 Å². The Morgan fingerprint density at radius 2 is 1.67 bits per heavy atom. The minimum absolute atomic E-state index is 0.724. The molecule has 3 rings (SSSR count). The van der Waals surface area contributed by atoms with Crippen molar-refractivity contribution >= 4 is 11.6 Å². The largest absolute Gasteiger partial charge is 0.457 e. The van der Waals surface area contributed by atoms with E-state index < -0.39 is 0 Å². The van der Waals surface area contributed by atoms with Crippen molar-refractivity contribution in [2.24, 2.45) is 0 Å². The van der Waals surface area contributed by atoms with Gasteiger partial charge in [0.1, 0.15) is 11.5 Å². The third-order valence-electron chi connectivity index (χ3n) is 2.45. The van der Waals surface area contributed by atoms with E-state index in [-0.39, 0.29) is 0 Å². The Kier molecular flexibility index (Phi) is 1.93. The summed E-state index contributed by atoms with van der Waals surface area (Å²) in [6, 6.07) is 13.6. The van der Waals surface area contributed by atoms with Crippen LogP contribution in [0.25, 0.3) is 0 Å². The van der Waals surface area contributed by atoms with Gasteiger partial charge in [-0.1, -0.05) is 35.9 Å². The summed E-state index contributed by atoms with van der Waals surface area (Å²) in [4.78, 5) is 0. The summed E-state index contributed by atoms with van der Waals surface area (Å²) in [6.07, 6.45) is 2.05. The van der Waals surface area contributed by atoms with Crippen molar-refractivity contribution < 1.29 is 4.74 Å². The van der Waals surface area contributed by atoms with Crippen LogP contribution in [0, 0.1) is 6.42 Å². The van der Waals surface area contributed by atoms with Gasteiger partial charge in [-0.3, -0.25) is 0 Å². The average Bonchev–Trinajstić information content (AvgIpc) is 2.27. The van der Waals surface area contributed by atoms with Crippen LogP contribution in [-0.4, -0.2) is 0 Å². The molecule has 2 aromatic rings. The Bertz CT molecular complexity index is 520. The van der Waals surface area contributed by atoms with E-state index in [1.165, 1.54) is 0 Å². The fraction of sp³-hybridized carbons (Fsp3) is 0. The highest BCUT2D eigenvalue weighted by molar-refractivity contribution is 6.31. The first-order chi connectivity index (χ1) is 7.34. The maximum absolute atomic E-state index is 6.10. The molecule has 0 aliphatic carbocycles. The maximum Gasteiger partial charge on any atom is 0.132 e. The minimum atomic E-state index is 0.724. The zero-order chi connectivity index (χ0) is 10.3. The van der Waals surface area contributed by atoms with E-state index in [0.29, 0.717) is 0 Å². The van der Waals surface area contributed by atoms with Crippen LogP contribution in [0.5, 0.6) is 11.5 Å². The first kappa shape index (κ1) is 8.81. The second kappa shape index (κ2) is 3.28. The molecule has 0 aromatic heterocycles. The normalized spacial score (nSPS) is 12.6. The zero-order valence-corrected chi connectivity index (χ0v) is 8.66. The summed E-state index contributed by atoms with van der Waals surface area (Å²) in [7, 11) is 0. The highest BCUT2D eigenvalue weighted by Gasteiger charge is 2.18. The van der Waals surface area contributed by atoms with Crippen LogP contribution >= 0.6 is 11.6 Å². The highest BCUT2D eigenvalue weighted by Crippen LogP contribution is 2.40. The summed E-state index contributed by atoms with van der Waals surface area (Å²) in [6.45, 7) is 0. The van der Waals surface area contributed by atoms with Gasteiger partial charge in [-0.05, 0) is 18.2 Å². The smallest absolute Gasteiger partial charge is 0.132 e. The van der Waals surface area contributed by atoms with Crippen LogP contribution in [0.1, 0.15) is 11.1 Å². The standard InChI is InChI=1S/C13H8ClO/c14-11-5-3-7-13-10(11)8-9-4-1-2-6-12(9)15-13/h1-8H. The fourth-order valence-electron chi connectivity index (χ4n) is 1.71. The van der Waals surface area contributed by atoms with Crippen molar-refractivity contribution in [3.63, 3.8) is 0 Å². The molecular formula is C13H8ClO. The SMILES string of the molecule is Clc1cccc2c1[CH]c1ccccc1O2. The second-order valence-corrected chi connectivity index (χ2v) is 3.84. The Hall–Kier alpha value is -1.47. The van der Waals surface area contributed by atoms with Gasteiger partial charge in [0.15, 0.2) is 0 Å².